The third kappa shape index (κ3) is 6.69. The van der Waals surface area contributed by atoms with Crippen LogP contribution in [-0.2, 0) is 27.1 Å². The summed E-state index contributed by atoms with van der Waals surface area (Å²) in [6.45, 7) is 8.08. The first-order valence-corrected chi connectivity index (χ1v) is 13.9. The summed E-state index contributed by atoms with van der Waals surface area (Å²) in [5.41, 5.74) is 11.3. The molecule has 0 aromatic heterocycles. The zero-order chi connectivity index (χ0) is 21.4. The number of hydrogen-bond donors (Lipinski definition) is 0. The summed E-state index contributed by atoms with van der Waals surface area (Å²) < 4.78 is 18.9. The molecule has 0 amide bonds. The summed E-state index contributed by atoms with van der Waals surface area (Å²) in [5, 5.41) is 4.05. The van der Waals surface area contributed by atoms with E-state index in [1.54, 1.807) is 0 Å². The van der Waals surface area contributed by atoms with Gasteiger partial charge in [0.2, 0.25) is 0 Å². The van der Waals surface area contributed by atoms with Crippen molar-refractivity contribution in [3.8, 4) is 0 Å². The minimum absolute atomic E-state index is 0.122. The zero-order valence-corrected chi connectivity index (χ0v) is 19.0. The van der Waals surface area contributed by atoms with Gasteiger partial charge in [0.15, 0.2) is 8.32 Å². The molecule has 0 bridgehead atoms. The second kappa shape index (κ2) is 10.7. The molecule has 0 saturated heterocycles. The molecular weight excluding hydrogens is 394 g/mol. The van der Waals surface area contributed by atoms with Gasteiger partial charge >= 0.3 is 0 Å². The van der Waals surface area contributed by atoms with Gasteiger partial charge in [0.25, 0.3) is 0 Å². The predicted octanol–water partition coefficient (Wildman–Crippen LogP) is 5.71. The normalized spacial score (nSPS) is 23.8. The molecule has 2 aromatic carbocycles. The Morgan fingerprint density at radius 2 is 1.53 bits per heavy atom. The van der Waals surface area contributed by atoms with Crippen molar-refractivity contribution in [2.75, 3.05) is 6.61 Å². The van der Waals surface area contributed by atoms with Gasteiger partial charge in [-0.05, 0) is 42.7 Å². The van der Waals surface area contributed by atoms with Crippen LogP contribution in [0, 0.1) is 5.92 Å². The molecule has 3 rings (SSSR count). The van der Waals surface area contributed by atoms with Gasteiger partial charge in [0.05, 0.1) is 38.1 Å². The van der Waals surface area contributed by atoms with Crippen molar-refractivity contribution in [1.82, 2.24) is 0 Å². The molecular formula is C23H31N3O3Si. The standard InChI is InChI=1S/C23H31N3O3Si/c1-30(2,3)29-22-20(17-27-15-18-10-6-4-7-11-18)14-21(25-26-24)23(22)28-16-19-12-8-5-9-13-19/h4-13,20-23H,14-17H2,1-3H3/t20-,21-,22+,23+/m1/s1. The first-order valence-electron chi connectivity index (χ1n) is 10.5. The first-order chi connectivity index (χ1) is 14.5. The Balaban J connectivity index is 1.70. The molecule has 0 heterocycles. The Kier molecular flexibility index (Phi) is 8.07. The molecule has 160 valence electrons. The van der Waals surface area contributed by atoms with Crippen molar-refractivity contribution in [3.05, 3.63) is 82.2 Å². The van der Waals surface area contributed by atoms with Gasteiger partial charge in [-0.15, -0.1) is 0 Å². The molecule has 0 N–H and O–H groups in total. The summed E-state index contributed by atoms with van der Waals surface area (Å²) >= 11 is 0. The van der Waals surface area contributed by atoms with E-state index in [1.807, 2.05) is 48.5 Å². The van der Waals surface area contributed by atoms with Crippen LogP contribution in [0.15, 0.2) is 65.8 Å². The molecule has 7 heteroatoms. The van der Waals surface area contributed by atoms with Crippen LogP contribution in [0.3, 0.4) is 0 Å². The Labute approximate surface area is 179 Å². The fraction of sp³-hybridized carbons (Fsp3) is 0.478. The Bertz CT molecular complexity index is 823. The van der Waals surface area contributed by atoms with Crippen LogP contribution in [0.25, 0.3) is 10.4 Å². The van der Waals surface area contributed by atoms with Gasteiger partial charge in [-0.1, -0.05) is 65.8 Å². The highest BCUT2D eigenvalue weighted by Crippen LogP contribution is 2.36. The number of rotatable bonds is 10. The number of nitrogens with zero attached hydrogens (tertiary/aromatic N) is 3. The molecule has 4 atom stereocenters. The van der Waals surface area contributed by atoms with Crippen molar-refractivity contribution in [2.24, 2.45) is 11.0 Å². The van der Waals surface area contributed by atoms with Gasteiger partial charge in [-0.25, -0.2) is 0 Å². The van der Waals surface area contributed by atoms with E-state index in [0.717, 1.165) is 11.1 Å². The molecule has 0 spiro atoms. The third-order valence-electron chi connectivity index (χ3n) is 5.13. The SMILES string of the molecule is C[Si](C)(C)O[C@H]1[C@@H](COCc2ccccc2)C[C@@H](N=[N+]=[N-])[C@@H]1OCc1ccccc1. The highest BCUT2D eigenvalue weighted by atomic mass is 28.4. The third-order valence-corrected chi connectivity index (χ3v) is 6.11. The van der Waals surface area contributed by atoms with Gasteiger partial charge in [-0.3, -0.25) is 0 Å². The minimum Gasteiger partial charge on any atom is -0.412 e. The molecule has 0 unspecified atom stereocenters. The van der Waals surface area contributed by atoms with Crippen LogP contribution >= 0.6 is 0 Å². The molecule has 1 aliphatic carbocycles. The van der Waals surface area contributed by atoms with Crippen LogP contribution in [0.5, 0.6) is 0 Å². The van der Waals surface area contributed by atoms with Crippen LogP contribution in [-0.4, -0.2) is 33.2 Å². The maximum absolute atomic E-state index is 9.10. The lowest BCUT2D eigenvalue weighted by Gasteiger charge is -2.32. The maximum Gasteiger partial charge on any atom is 0.184 e. The predicted molar refractivity (Wildman–Crippen MR) is 120 cm³/mol. The second-order valence-electron chi connectivity index (χ2n) is 8.72. The largest absolute Gasteiger partial charge is 0.412 e. The summed E-state index contributed by atoms with van der Waals surface area (Å²) in [7, 11) is -1.84. The average Bonchev–Trinajstić information content (AvgIpc) is 3.03. The molecule has 2 aromatic rings. The van der Waals surface area contributed by atoms with Crippen LogP contribution < -0.4 is 0 Å². The lowest BCUT2D eigenvalue weighted by molar-refractivity contribution is -0.0495. The maximum atomic E-state index is 9.10. The molecule has 1 saturated carbocycles. The summed E-state index contributed by atoms with van der Waals surface area (Å²) in [6.07, 6.45) is 0.276. The Hall–Kier alpha value is -2.15. The van der Waals surface area contributed by atoms with Crippen molar-refractivity contribution in [3.63, 3.8) is 0 Å². The molecule has 0 aliphatic heterocycles. The van der Waals surface area contributed by atoms with Gasteiger partial charge in [0.1, 0.15) is 0 Å². The molecule has 6 nitrogen and oxygen atoms in total. The fourth-order valence-electron chi connectivity index (χ4n) is 3.85. The fourth-order valence-corrected chi connectivity index (χ4v) is 5.00. The van der Waals surface area contributed by atoms with E-state index in [0.29, 0.717) is 26.2 Å². The second-order valence-corrected chi connectivity index (χ2v) is 13.2. The van der Waals surface area contributed by atoms with Crippen molar-refractivity contribution in [1.29, 1.82) is 0 Å². The highest BCUT2D eigenvalue weighted by molar-refractivity contribution is 6.69. The molecule has 1 aliphatic rings. The van der Waals surface area contributed by atoms with Gasteiger partial charge in [0, 0.05) is 10.8 Å². The van der Waals surface area contributed by atoms with Gasteiger partial charge in [-0.2, -0.15) is 0 Å². The van der Waals surface area contributed by atoms with E-state index in [1.165, 1.54) is 0 Å². The number of benzene rings is 2. The van der Waals surface area contributed by atoms with Crippen molar-refractivity contribution in [2.45, 2.75) is 57.5 Å². The lowest BCUT2D eigenvalue weighted by Crippen LogP contribution is -2.43. The summed E-state index contributed by atoms with van der Waals surface area (Å²) in [6, 6.07) is 19.9. The van der Waals surface area contributed by atoms with E-state index >= 15 is 0 Å². The van der Waals surface area contributed by atoms with E-state index in [4.69, 9.17) is 19.4 Å². The van der Waals surface area contributed by atoms with Crippen LogP contribution in [0.1, 0.15) is 17.5 Å². The summed E-state index contributed by atoms with van der Waals surface area (Å²) in [5.74, 6) is 0.122. The highest BCUT2D eigenvalue weighted by Gasteiger charge is 2.46. The minimum atomic E-state index is -1.84. The van der Waals surface area contributed by atoms with Crippen LogP contribution in [0.4, 0.5) is 0 Å². The van der Waals surface area contributed by atoms with E-state index in [-0.39, 0.29) is 24.2 Å². The summed E-state index contributed by atoms with van der Waals surface area (Å²) in [4.78, 5) is 3.08. The van der Waals surface area contributed by atoms with E-state index in [9.17, 15) is 0 Å². The zero-order valence-electron chi connectivity index (χ0n) is 18.0. The average molecular weight is 426 g/mol. The first kappa shape index (κ1) is 22.5. The molecule has 1 fully saturated rings. The Morgan fingerprint density at radius 1 is 0.933 bits per heavy atom. The van der Waals surface area contributed by atoms with Crippen LogP contribution in [0.2, 0.25) is 19.6 Å². The van der Waals surface area contributed by atoms with E-state index < -0.39 is 8.32 Å². The number of ether oxygens (including phenoxy) is 2. The van der Waals surface area contributed by atoms with Gasteiger partial charge < -0.3 is 13.9 Å². The topological polar surface area (TPSA) is 76.5 Å². The van der Waals surface area contributed by atoms with Crippen molar-refractivity contribution >= 4 is 8.32 Å². The monoisotopic (exact) mass is 425 g/mol. The van der Waals surface area contributed by atoms with E-state index in [2.05, 4.69) is 41.8 Å². The Morgan fingerprint density at radius 3 is 2.10 bits per heavy atom. The number of hydrogen-bond acceptors (Lipinski definition) is 4. The van der Waals surface area contributed by atoms with Crippen molar-refractivity contribution < 1.29 is 13.9 Å². The molecule has 0 radical (unpaired) electrons. The molecule has 30 heavy (non-hydrogen) atoms. The number of azide groups is 1. The quantitative estimate of drug-likeness (QED) is 0.212. The lowest BCUT2D eigenvalue weighted by atomic mass is 10.1. The smallest absolute Gasteiger partial charge is 0.184 e.